The quantitative estimate of drug-likeness (QED) is 0.798. The van der Waals surface area contributed by atoms with Crippen LogP contribution >= 0.6 is 0 Å². The third-order valence-electron chi connectivity index (χ3n) is 4.20. The zero-order valence-electron chi connectivity index (χ0n) is 13.2. The summed E-state index contributed by atoms with van der Waals surface area (Å²) >= 11 is 0. The second kappa shape index (κ2) is 7.06. The van der Waals surface area contributed by atoms with Crippen molar-refractivity contribution in [2.24, 2.45) is 13.0 Å². The molecule has 0 aliphatic carbocycles. The van der Waals surface area contributed by atoms with E-state index in [0.29, 0.717) is 12.5 Å². The van der Waals surface area contributed by atoms with Crippen molar-refractivity contribution in [1.82, 2.24) is 15.1 Å². The summed E-state index contributed by atoms with van der Waals surface area (Å²) in [6.07, 6.45) is 1.72. The molecule has 1 aromatic heterocycles. The number of nitrogens with zero attached hydrogens (tertiary/aromatic N) is 2. The molecule has 0 aliphatic rings. The van der Waals surface area contributed by atoms with Gasteiger partial charge in [0.25, 0.3) is 0 Å². The minimum Gasteiger partial charge on any atom is -0.392 e. The highest BCUT2D eigenvalue weighted by atomic mass is 16.3. The van der Waals surface area contributed by atoms with Crippen molar-refractivity contribution in [3.8, 4) is 0 Å². The van der Waals surface area contributed by atoms with Crippen LogP contribution in [0, 0.1) is 19.8 Å². The Morgan fingerprint density at radius 3 is 2.32 bits per heavy atom. The first kappa shape index (κ1) is 16.2. The van der Waals surface area contributed by atoms with Gasteiger partial charge in [-0.05, 0) is 26.2 Å². The summed E-state index contributed by atoms with van der Waals surface area (Å²) in [4.78, 5) is 0. The highest BCUT2D eigenvalue weighted by molar-refractivity contribution is 5.28. The van der Waals surface area contributed by atoms with Gasteiger partial charge < -0.3 is 10.4 Å². The van der Waals surface area contributed by atoms with Crippen LogP contribution in [0.2, 0.25) is 0 Å². The van der Waals surface area contributed by atoms with Crippen LogP contribution in [0.1, 0.15) is 56.6 Å². The molecule has 3 atom stereocenters. The molecule has 0 radical (unpaired) electrons. The molecule has 0 bridgehead atoms. The molecule has 4 nitrogen and oxygen atoms in total. The predicted octanol–water partition coefficient (Wildman–Crippen LogP) is 2.48. The van der Waals surface area contributed by atoms with Gasteiger partial charge in [0.1, 0.15) is 0 Å². The number of hydrogen-bond donors (Lipinski definition) is 2. The van der Waals surface area contributed by atoms with Gasteiger partial charge in [0.15, 0.2) is 0 Å². The van der Waals surface area contributed by atoms with Crippen LogP contribution < -0.4 is 5.32 Å². The Morgan fingerprint density at radius 2 is 1.89 bits per heavy atom. The van der Waals surface area contributed by atoms with Crippen molar-refractivity contribution in [2.75, 3.05) is 6.54 Å². The predicted molar refractivity (Wildman–Crippen MR) is 79.2 cm³/mol. The van der Waals surface area contributed by atoms with E-state index in [1.54, 1.807) is 0 Å². The van der Waals surface area contributed by atoms with E-state index in [4.69, 9.17) is 0 Å². The number of aliphatic hydroxyl groups excluding tert-OH is 1. The van der Waals surface area contributed by atoms with E-state index >= 15 is 0 Å². The lowest BCUT2D eigenvalue weighted by atomic mass is 9.99. The summed E-state index contributed by atoms with van der Waals surface area (Å²) in [5.74, 6) is 0.334. The first-order valence-corrected chi connectivity index (χ1v) is 7.33. The third-order valence-corrected chi connectivity index (χ3v) is 4.20. The standard InChI is InChI=1S/C15H29N3O/c1-7-10(3)14(19)9-16-13(8-2)15-11(4)17-18(6)12(15)5/h10,13-14,16,19H,7-9H2,1-6H3. The molecule has 0 aromatic carbocycles. The van der Waals surface area contributed by atoms with Gasteiger partial charge in [0.05, 0.1) is 11.8 Å². The molecule has 1 aromatic rings. The topological polar surface area (TPSA) is 50.1 Å². The summed E-state index contributed by atoms with van der Waals surface area (Å²) in [5.41, 5.74) is 3.56. The van der Waals surface area contributed by atoms with Gasteiger partial charge in [-0.25, -0.2) is 0 Å². The van der Waals surface area contributed by atoms with Crippen LogP contribution in [0.5, 0.6) is 0 Å². The lowest BCUT2D eigenvalue weighted by Crippen LogP contribution is -2.34. The largest absolute Gasteiger partial charge is 0.392 e. The van der Waals surface area contributed by atoms with Crippen molar-refractivity contribution in [2.45, 2.75) is 59.6 Å². The van der Waals surface area contributed by atoms with Gasteiger partial charge >= 0.3 is 0 Å². The minimum atomic E-state index is -0.281. The van der Waals surface area contributed by atoms with E-state index in [1.807, 2.05) is 11.7 Å². The van der Waals surface area contributed by atoms with E-state index in [1.165, 1.54) is 11.3 Å². The fourth-order valence-electron chi connectivity index (χ4n) is 2.48. The SMILES string of the molecule is CCC(NCC(O)C(C)CC)c1c(C)nn(C)c1C. The molecule has 2 N–H and O–H groups in total. The summed E-state index contributed by atoms with van der Waals surface area (Å²) in [6, 6.07) is 0.271. The van der Waals surface area contributed by atoms with Gasteiger partial charge in [0.2, 0.25) is 0 Å². The van der Waals surface area contributed by atoms with E-state index in [2.05, 4.69) is 45.0 Å². The van der Waals surface area contributed by atoms with Crippen molar-refractivity contribution in [1.29, 1.82) is 0 Å². The van der Waals surface area contributed by atoms with Gasteiger partial charge in [-0.2, -0.15) is 5.10 Å². The molecule has 19 heavy (non-hydrogen) atoms. The van der Waals surface area contributed by atoms with Gasteiger partial charge in [-0.1, -0.05) is 27.2 Å². The fourth-order valence-corrected chi connectivity index (χ4v) is 2.48. The molecular weight excluding hydrogens is 238 g/mol. The maximum atomic E-state index is 10.1. The zero-order valence-corrected chi connectivity index (χ0v) is 13.2. The zero-order chi connectivity index (χ0) is 14.6. The van der Waals surface area contributed by atoms with Crippen molar-refractivity contribution < 1.29 is 5.11 Å². The fraction of sp³-hybridized carbons (Fsp3) is 0.800. The molecule has 0 amide bonds. The monoisotopic (exact) mass is 267 g/mol. The van der Waals surface area contributed by atoms with E-state index in [9.17, 15) is 5.11 Å². The maximum Gasteiger partial charge on any atom is 0.0690 e. The second-order valence-electron chi connectivity index (χ2n) is 5.53. The van der Waals surface area contributed by atoms with Crippen LogP contribution in [0.25, 0.3) is 0 Å². The molecule has 0 spiro atoms. The number of aliphatic hydroxyl groups is 1. The summed E-state index contributed by atoms with van der Waals surface area (Å²) in [5, 5.41) is 18.0. The smallest absolute Gasteiger partial charge is 0.0690 e. The van der Waals surface area contributed by atoms with Crippen LogP contribution in [0.3, 0.4) is 0 Å². The highest BCUT2D eigenvalue weighted by Gasteiger charge is 2.20. The van der Waals surface area contributed by atoms with E-state index in [-0.39, 0.29) is 12.1 Å². The number of nitrogens with one attached hydrogen (secondary N) is 1. The molecule has 3 unspecified atom stereocenters. The normalized spacial score (nSPS) is 16.4. The van der Waals surface area contributed by atoms with Gasteiger partial charge in [0, 0.05) is 30.9 Å². The number of aryl methyl sites for hydroxylation is 2. The van der Waals surface area contributed by atoms with Crippen LogP contribution in [-0.4, -0.2) is 27.5 Å². The van der Waals surface area contributed by atoms with Crippen LogP contribution in [-0.2, 0) is 7.05 Å². The molecule has 0 aliphatic heterocycles. The Bertz CT molecular complexity index is 400. The number of aromatic nitrogens is 2. The third kappa shape index (κ3) is 3.80. The average molecular weight is 267 g/mol. The van der Waals surface area contributed by atoms with Crippen LogP contribution in [0.15, 0.2) is 0 Å². The lowest BCUT2D eigenvalue weighted by molar-refractivity contribution is 0.109. The molecular formula is C15H29N3O. The lowest BCUT2D eigenvalue weighted by Gasteiger charge is -2.23. The molecule has 1 rings (SSSR count). The molecule has 110 valence electrons. The van der Waals surface area contributed by atoms with E-state index in [0.717, 1.165) is 18.5 Å². The molecule has 0 saturated heterocycles. The Kier molecular flexibility index (Phi) is 6.01. The van der Waals surface area contributed by atoms with Crippen molar-refractivity contribution in [3.05, 3.63) is 17.0 Å². The Labute approximate surface area is 117 Å². The Balaban J connectivity index is 2.73. The molecule has 0 fully saturated rings. The summed E-state index contributed by atoms with van der Waals surface area (Å²) in [7, 11) is 1.98. The minimum absolute atomic E-state index is 0.271. The highest BCUT2D eigenvalue weighted by Crippen LogP contribution is 2.23. The first-order valence-electron chi connectivity index (χ1n) is 7.33. The summed E-state index contributed by atoms with van der Waals surface area (Å²) in [6.45, 7) is 11.2. The Hall–Kier alpha value is -0.870. The van der Waals surface area contributed by atoms with Gasteiger partial charge in [-0.15, -0.1) is 0 Å². The summed E-state index contributed by atoms with van der Waals surface area (Å²) < 4.78 is 1.93. The number of rotatable bonds is 7. The maximum absolute atomic E-state index is 10.1. The average Bonchev–Trinajstić information content (AvgIpc) is 2.64. The molecule has 1 heterocycles. The molecule has 0 saturated carbocycles. The van der Waals surface area contributed by atoms with Crippen molar-refractivity contribution >= 4 is 0 Å². The molecule has 4 heteroatoms. The first-order chi connectivity index (χ1) is 8.92. The second-order valence-corrected chi connectivity index (χ2v) is 5.53. The van der Waals surface area contributed by atoms with Crippen molar-refractivity contribution in [3.63, 3.8) is 0 Å². The van der Waals surface area contributed by atoms with Gasteiger partial charge in [-0.3, -0.25) is 4.68 Å². The Morgan fingerprint density at radius 1 is 1.26 bits per heavy atom. The van der Waals surface area contributed by atoms with E-state index < -0.39 is 0 Å². The van der Waals surface area contributed by atoms with Crippen LogP contribution in [0.4, 0.5) is 0 Å². The number of hydrogen-bond acceptors (Lipinski definition) is 3.